The number of hydrogen-bond donors (Lipinski definition) is 2. The highest BCUT2D eigenvalue weighted by Gasteiger charge is 2.37. The first-order chi connectivity index (χ1) is 15.9. The molecule has 0 fully saturated rings. The van der Waals surface area contributed by atoms with Gasteiger partial charge in [-0.15, -0.1) is 0 Å². The second-order valence-corrected chi connectivity index (χ2v) is 7.78. The van der Waals surface area contributed by atoms with Crippen LogP contribution in [0.3, 0.4) is 0 Å². The molecule has 1 amide bonds. The molecule has 0 bridgehead atoms. The normalized spacial score (nSPS) is 12.1. The van der Waals surface area contributed by atoms with Gasteiger partial charge in [-0.05, 0) is 50.2 Å². The van der Waals surface area contributed by atoms with Gasteiger partial charge in [0.05, 0.1) is 5.02 Å². The van der Waals surface area contributed by atoms with Crippen LogP contribution in [-0.2, 0) is 12.7 Å². The van der Waals surface area contributed by atoms with Gasteiger partial charge in [0.25, 0.3) is 5.91 Å². The molecule has 0 saturated heterocycles. The lowest BCUT2D eigenvalue weighted by atomic mass is 10.2. The van der Waals surface area contributed by atoms with Gasteiger partial charge < -0.3 is 5.32 Å². The van der Waals surface area contributed by atoms with Crippen molar-refractivity contribution in [3.8, 4) is 0 Å². The molecule has 6 nitrogen and oxygen atoms in total. The molecule has 2 aromatic carbocycles. The van der Waals surface area contributed by atoms with E-state index in [1.165, 1.54) is 19.1 Å². The largest absolute Gasteiger partial charge is 0.435 e. The number of aryl methyl sites for hydroxylation is 1. The number of nitrogens with one attached hydrogen (secondary N) is 2. The van der Waals surface area contributed by atoms with Gasteiger partial charge in [0, 0.05) is 28.4 Å². The first-order valence-corrected chi connectivity index (χ1v) is 10.4. The monoisotopic (exact) mass is 519 g/mol. The van der Waals surface area contributed by atoms with Gasteiger partial charge in [-0.1, -0.05) is 23.2 Å². The highest BCUT2D eigenvalue weighted by Crippen LogP contribution is 2.35. The summed E-state index contributed by atoms with van der Waals surface area (Å²) in [5.74, 6) is -3.02. The number of hydrogen-bond acceptors (Lipinski definition) is 3. The Kier molecular flexibility index (Phi) is 7.47. The third-order valence-corrected chi connectivity index (χ3v) is 5.01. The molecule has 0 aliphatic heterocycles. The zero-order chi connectivity index (χ0) is 25.2. The molecule has 1 aromatic heterocycles. The fourth-order valence-corrected chi connectivity index (χ4v) is 3.29. The Balaban J connectivity index is 2.07. The summed E-state index contributed by atoms with van der Waals surface area (Å²) >= 11 is 11.5. The number of amides is 1. The van der Waals surface area contributed by atoms with Crippen LogP contribution >= 0.6 is 23.2 Å². The minimum absolute atomic E-state index is 0.0158. The van der Waals surface area contributed by atoms with E-state index in [2.05, 4.69) is 20.7 Å². The predicted octanol–water partition coefficient (Wildman–Crippen LogP) is 6.34. The molecule has 34 heavy (non-hydrogen) atoms. The van der Waals surface area contributed by atoms with Crippen molar-refractivity contribution in [3.05, 3.63) is 74.9 Å². The minimum Gasteiger partial charge on any atom is -0.325 e. The first kappa shape index (κ1) is 25.4. The summed E-state index contributed by atoms with van der Waals surface area (Å²) in [6.07, 6.45) is -4.73. The number of rotatable bonds is 4. The van der Waals surface area contributed by atoms with Crippen LogP contribution < -0.4 is 10.6 Å². The smallest absolute Gasteiger partial charge is 0.325 e. The summed E-state index contributed by atoms with van der Waals surface area (Å²) in [6.45, 7) is 2.76. The van der Waals surface area contributed by atoms with Crippen LogP contribution in [0.2, 0.25) is 10.0 Å². The molecule has 3 rings (SSSR count). The van der Waals surface area contributed by atoms with Crippen molar-refractivity contribution >= 4 is 46.6 Å². The number of aliphatic imine (C=N–C) groups is 1. The highest BCUT2D eigenvalue weighted by atomic mass is 35.5. The number of aromatic nitrogens is 2. The van der Waals surface area contributed by atoms with Gasteiger partial charge in [0.15, 0.2) is 11.5 Å². The summed E-state index contributed by atoms with van der Waals surface area (Å²) in [5.41, 5.74) is -1.54. The van der Waals surface area contributed by atoms with Crippen molar-refractivity contribution in [2.75, 3.05) is 5.32 Å². The van der Waals surface area contributed by atoms with Gasteiger partial charge in [-0.25, -0.2) is 13.5 Å². The summed E-state index contributed by atoms with van der Waals surface area (Å²) in [7, 11) is 0. The van der Waals surface area contributed by atoms with Gasteiger partial charge in [0.1, 0.15) is 11.6 Å². The van der Waals surface area contributed by atoms with E-state index in [-0.39, 0.29) is 45.2 Å². The molecule has 0 aliphatic carbocycles. The van der Waals surface area contributed by atoms with E-state index >= 15 is 0 Å². The number of halogens is 7. The molecule has 2 N–H and O–H groups in total. The Morgan fingerprint density at radius 3 is 2.44 bits per heavy atom. The number of guanidine groups is 1. The Hall–Kier alpha value is -3.18. The number of carbonyl (C=O) groups is 1. The molecule has 0 saturated carbocycles. The maximum atomic E-state index is 13.8. The highest BCUT2D eigenvalue weighted by molar-refractivity contribution is 6.31. The van der Waals surface area contributed by atoms with Crippen LogP contribution in [0.4, 0.5) is 33.5 Å². The topological polar surface area (TPSA) is 71.3 Å². The molecule has 13 heteroatoms. The molecular weight excluding hydrogens is 504 g/mol. The molecule has 1 heterocycles. The predicted molar refractivity (Wildman–Crippen MR) is 119 cm³/mol. The molecular formula is C21H16Cl2F5N5O. The van der Waals surface area contributed by atoms with E-state index in [1.807, 2.05) is 0 Å². The van der Waals surface area contributed by atoms with E-state index in [9.17, 15) is 26.7 Å². The Labute approximate surface area is 200 Å². The number of alkyl halides is 3. The average molecular weight is 520 g/mol. The minimum atomic E-state index is -4.73. The number of nitrogens with zero attached hydrogens (tertiary/aromatic N) is 3. The fourth-order valence-electron chi connectivity index (χ4n) is 2.95. The first-order valence-electron chi connectivity index (χ1n) is 9.61. The lowest BCUT2D eigenvalue weighted by molar-refractivity contribution is -0.141. The lowest BCUT2D eigenvalue weighted by Gasteiger charge is -2.13. The summed E-state index contributed by atoms with van der Waals surface area (Å²) in [5, 5.41) is 8.31. The molecule has 0 atom stereocenters. The third-order valence-electron chi connectivity index (χ3n) is 4.48. The van der Waals surface area contributed by atoms with E-state index in [4.69, 9.17) is 23.2 Å². The van der Waals surface area contributed by atoms with E-state index in [0.717, 1.165) is 28.9 Å². The maximum Gasteiger partial charge on any atom is 0.435 e. The molecule has 0 radical (unpaired) electrons. The van der Waals surface area contributed by atoms with Gasteiger partial charge in [0.2, 0.25) is 5.96 Å². The number of anilines is 1. The van der Waals surface area contributed by atoms with Gasteiger partial charge in [-0.2, -0.15) is 23.3 Å². The zero-order valence-electron chi connectivity index (χ0n) is 17.6. The maximum absolute atomic E-state index is 13.8. The standard InChI is InChI=1S/C21H16Cl2F5N5O/c1-3-33-18(10(2)17(32-33)21(26,27)28)30-20(29-14-8-12(22)7-13(24)9-14)31-19(34)11-4-5-15(23)16(25)6-11/h4-9H,3H2,1-2H3,(H2,29,30,31,34). The molecule has 0 spiro atoms. The van der Waals surface area contributed by atoms with Gasteiger partial charge >= 0.3 is 6.18 Å². The van der Waals surface area contributed by atoms with Crippen LogP contribution in [0.15, 0.2) is 41.4 Å². The SMILES string of the molecule is CCn1nc(C(F)(F)F)c(C)c1N=C(NC(=O)c1ccc(Cl)c(F)c1)Nc1cc(F)cc(Cl)c1. The third kappa shape index (κ3) is 5.84. The van der Waals surface area contributed by atoms with Crippen LogP contribution in [0.1, 0.15) is 28.5 Å². The van der Waals surface area contributed by atoms with E-state index in [0.29, 0.717) is 0 Å². The van der Waals surface area contributed by atoms with E-state index < -0.39 is 29.4 Å². The summed E-state index contributed by atoms with van der Waals surface area (Å²) in [4.78, 5) is 16.8. The average Bonchev–Trinajstić information content (AvgIpc) is 3.05. The van der Waals surface area contributed by atoms with Crippen molar-refractivity contribution in [3.63, 3.8) is 0 Å². The zero-order valence-corrected chi connectivity index (χ0v) is 19.1. The fraction of sp³-hybridized carbons (Fsp3) is 0.190. The molecule has 0 aliphatic rings. The molecule has 3 aromatic rings. The number of benzene rings is 2. The number of carbonyl (C=O) groups excluding carboxylic acids is 1. The lowest BCUT2D eigenvalue weighted by Crippen LogP contribution is -2.36. The van der Waals surface area contributed by atoms with Crippen LogP contribution in [0.5, 0.6) is 0 Å². The summed E-state index contributed by atoms with van der Waals surface area (Å²) < 4.78 is 68.6. The van der Waals surface area contributed by atoms with Crippen molar-refractivity contribution in [1.29, 1.82) is 0 Å². The Morgan fingerprint density at radius 1 is 1.15 bits per heavy atom. The molecule has 0 unspecified atom stereocenters. The Bertz CT molecular complexity index is 1250. The van der Waals surface area contributed by atoms with Crippen molar-refractivity contribution in [1.82, 2.24) is 15.1 Å². The molecule has 180 valence electrons. The van der Waals surface area contributed by atoms with Crippen LogP contribution in [0.25, 0.3) is 0 Å². The van der Waals surface area contributed by atoms with E-state index in [1.54, 1.807) is 6.92 Å². The van der Waals surface area contributed by atoms with Gasteiger partial charge in [-0.3, -0.25) is 10.1 Å². The van der Waals surface area contributed by atoms with Crippen LogP contribution in [0, 0.1) is 18.6 Å². The summed E-state index contributed by atoms with van der Waals surface area (Å²) in [6, 6.07) is 6.64. The second kappa shape index (κ2) is 9.98. The Morgan fingerprint density at radius 2 is 1.85 bits per heavy atom. The second-order valence-electron chi connectivity index (χ2n) is 6.94. The van der Waals surface area contributed by atoms with Crippen molar-refractivity contribution in [2.24, 2.45) is 4.99 Å². The van der Waals surface area contributed by atoms with Crippen molar-refractivity contribution < 1.29 is 26.7 Å². The van der Waals surface area contributed by atoms with Crippen molar-refractivity contribution in [2.45, 2.75) is 26.6 Å². The quantitative estimate of drug-likeness (QED) is 0.240. The van der Waals surface area contributed by atoms with Crippen LogP contribution in [-0.4, -0.2) is 21.6 Å².